The van der Waals surface area contributed by atoms with Gasteiger partial charge in [0.1, 0.15) is 5.75 Å². The number of phenolic OH excluding ortho intramolecular Hbond substituents is 1. The molecule has 0 saturated carbocycles. The lowest BCUT2D eigenvalue weighted by Gasteiger charge is -2.37. The van der Waals surface area contributed by atoms with Crippen molar-refractivity contribution >= 4 is 11.6 Å². The zero-order valence-electron chi connectivity index (χ0n) is 15.6. The second-order valence-corrected chi connectivity index (χ2v) is 6.48. The van der Waals surface area contributed by atoms with Crippen LogP contribution in [0.2, 0.25) is 0 Å². The number of piperazine rings is 1. The van der Waals surface area contributed by atoms with E-state index in [1.807, 2.05) is 42.2 Å². The molecule has 140 valence electrons. The Hall–Kier alpha value is -2.70. The van der Waals surface area contributed by atoms with Gasteiger partial charge in [-0.05, 0) is 31.5 Å². The first-order chi connectivity index (χ1) is 12.7. The molecule has 2 aromatic rings. The van der Waals surface area contributed by atoms with Gasteiger partial charge < -0.3 is 20.2 Å². The van der Waals surface area contributed by atoms with E-state index in [0.29, 0.717) is 12.3 Å². The van der Waals surface area contributed by atoms with Gasteiger partial charge in [0.25, 0.3) is 0 Å². The van der Waals surface area contributed by atoms with Gasteiger partial charge >= 0.3 is 0 Å². The van der Waals surface area contributed by atoms with Crippen LogP contribution in [0.3, 0.4) is 0 Å². The Labute approximate surface area is 154 Å². The predicted octanol–water partition coefficient (Wildman–Crippen LogP) is 1.68. The molecule has 0 atom stereocenters. The summed E-state index contributed by atoms with van der Waals surface area (Å²) in [6, 6.07) is 7.52. The molecule has 1 saturated heterocycles. The first-order valence-corrected chi connectivity index (χ1v) is 9.22. The van der Waals surface area contributed by atoms with E-state index >= 15 is 0 Å². The smallest absolute Gasteiger partial charge is 0.194 e. The van der Waals surface area contributed by atoms with E-state index in [1.165, 1.54) is 5.56 Å². The van der Waals surface area contributed by atoms with Gasteiger partial charge in [-0.15, -0.1) is 0 Å². The molecule has 2 heterocycles. The van der Waals surface area contributed by atoms with E-state index in [9.17, 15) is 5.11 Å². The lowest BCUT2D eigenvalue weighted by molar-refractivity contribution is 0.369. The second kappa shape index (κ2) is 8.60. The molecule has 1 aromatic carbocycles. The van der Waals surface area contributed by atoms with Crippen LogP contribution in [0, 0.1) is 6.92 Å². The first kappa shape index (κ1) is 18.1. The molecule has 1 aliphatic heterocycles. The Morgan fingerprint density at radius 2 is 2.00 bits per heavy atom. The SMILES string of the molecule is CCNC(=NCCn1cc(C)cn1)N1CCN(c2ccccc2O)CC1. The number of aryl methyl sites for hydroxylation is 1. The molecular weight excluding hydrogens is 328 g/mol. The molecule has 1 fully saturated rings. The van der Waals surface area contributed by atoms with Crippen LogP contribution in [0.1, 0.15) is 12.5 Å². The Kier molecular flexibility index (Phi) is 5.99. The maximum Gasteiger partial charge on any atom is 0.194 e. The molecule has 3 rings (SSSR count). The number of anilines is 1. The first-order valence-electron chi connectivity index (χ1n) is 9.22. The van der Waals surface area contributed by atoms with Gasteiger partial charge in [-0.1, -0.05) is 12.1 Å². The van der Waals surface area contributed by atoms with Crippen LogP contribution in [0.25, 0.3) is 0 Å². The molecule has 1 aliphatic rings. The van der Waals surface area contributed by atoms with E-state index in [0.717, 1.165) is 50.9 Å². The lowest BCUT2D eigenvalue weighted by atomic mass is 10.2. The van der Waals surface area contributed by atoms with Gasteiger partial charge in [-0.3, -0.25) is 9.67 Å². The number of nitrogens with zero attached hydrogens (tertiary/aromatic N) is 5. The molecule has 7 nitrogen and oxygen atoms in total. The van der Waals surface area contributed by atoms with Crippen molar-refractivity contribution < 1.29 is 5.11 Å². The number of hydrogen-bond acceptors (Lipinski definition) is 4. The number of nitrogens with one attached hydrogen (secondary N) is 1. The molecule has 1 aromatic heterocycles. The van der Waals surface area contributed by atoms with E-state index in [2.05, 4.69) is 27.1 Å². The fraction of sp³-hybridized carbons (Fsp3) is 0.474. The van der Waals surface area contributed by atoms with Gasteiger partial charge in [-0.25, -0.2) is 0 Å². The summed E-state index contributed by atoms with van der Waals surface area (Å²) < 4.78 is 1.93. The Morgan fingerprint density at radius 3 is 2.65 bits per heavy atom. The average Bonchev–Trinajstić information content (AvgIpc) is 3.07. The third-order valence-electron chi connectivity index (χ3n) is 4.49. The Bertz CT molecular complexity index is 733. The average molecular weight is 356 g/mol. The van der Waals surface area contributed by atoms with E-state index in [-0.39, 0.29) is 0 Å². The number of para-hydroxylation sites is 2. The normalized spacial score (nSPS) is 15.4. The Morgan fingerprint density at radius 1 is 1.23 bits per heavy atom. The monoisotopic (exact) mass is 356 g/mol. The van der Waals surface area contributed by atoms with Crippen molar-refractivity contribution in [3.8, 4) is 5.75 Å². The van der Waals surface area contributed by atoms with Crippen molar-refractivity contribution in [3.05, 3.63) is 42.2 Å². The maximum atomic E-state index is 10.0. The molecule has 0 amide bonds. The number of aliphatic imine (C=N–C) groups is 1. The third-order valence-corrected chi connectivity index (χ3v) is 4.49. The van der Waals surface area contributed by atoms with Crippen molar-refractivity contribution in [2.45, 2.75) is 20.4 Å². The number of guanidine groups is 1. The van der Waals surface area contributed by atoms with Crippen LogP contribution < -0.4 is 10.2 Å². The topological polar surface area (TPSA) is 68.9 Å². The van der Waals surface area contributed by atoms with Crippen LogP contribution in [0.4, 0.5) is 5.69 Å². The predicted molar refractivity (Wildman–Crippen MR) is 105 cm³/mol. The van der Waals surface area contributed by atoms with Crippen LogP contribution in [-0.2, 0) is 6.54 Å². The fourth-order valence-corrected chi connectivity index (χ4v) is 3.16. The molecule has 0 bridgehead atoms. The van der Waals surface area contributed by atoms with Gasteiger partial charge in [-0.2, -0.15) is 5.10 Å². The summed E-state index contributed by atoms with van der Waals surface area (Å²) in [6.45, 7) is 9.93. The highest BCUT2D eigenvalue weighted by atomic mass is 16.3. The van der Waals surface area contributed by atoms with Crippen molar-refractivity contribution in [1.82, 2.24) is 20.0 Å². The highest BCUT2D eigenvalue weighted by Crippen LogP contribution is 2.27. The zero-order valence-corrected chi connectivity index (χ0v) is 15.6. The van der Waals surface area contributed by atoms with Gasteiger partial charge in [0.15, 0.2) is 5.96 Å². The summed E-state index contributed by atoms with van der Waals surface area (Å²) in [5.74, 6) is 1.30. The Balaban J connectivity index is 1.57. The van der Waals surface area contributed by atoms with Crippen molar-refractivity contribution in [3.63, 3.8) is 0 Å². The van der Waals surface area contributed by atoms with Crippen LogP contribution in [0.15, 0.2) is 41.7 Å². The summed E-state index contributed by atoms with van der Waals surface area (Å²) in [7, 11) is 0. The van der Waals surface area contributed by atoms with Crippen LogP contribution in [0.5, 0.6) is 5.75 Å². The van der Waals surface area contributed by atoms with E-state index < -0.39 is 0 Å². The molecule has 0 spiro atoms. The van der Waals surface area contributed by atoms with Crippen molar-refractivity contribution in [1.29, 1.82) is 0 Å². The van der Waals surface area contributed by atoms with E-state index in [1.54, 1.807) is 6.07 Å². The van der Waals surface area contributed by atoms with Crippen molar-refractivity contribution in [2.75, 3.05) is 44.2 Å². The number of benzene rings is 1. The molecular formula is C19H28N6O. The standard InChI is InChI=1S/C19H28N6O/c1-3-20-19(21-8-9-25-15-16(2)14-22-25)24-12-10-23(11-13-24)17-6-4-5-7-18(17)26/h4-7,14-15,26H,3,8-13H2,1-2H3,(H,20,21). The fourth-order valence-electron chi connectivity index (χ4n) is 3.16. The number of aromatic nitrogens is 2. The maximum absolute atomic E-state index is 10.0. The summed E-state index contributed by atoms with van der Waals surface area (Å²) in [5.41, 5.74) is 2.07. The number of hydrogen-bond donors (Lipinski definition) is 2. The van der Waals surface area contributed by atoms with Crippen molar-refractivity contribution in [2.24, 2.45) is 4.99 Å². The summed E-state index contributed by atoms with van der Waals surface area (Å²) >= 11 is 0. The van der Waals surface area contributed by atoms with Crippen LogP contribution in [-0.4, -0.2) is 65.0 Å². The molecule has 26 heavy (non-hydrogen) atoms. The zero-order chi connectivity index (χ0) is 18.4. The number of phenols is 1. The second-order valence-electron chi connectivity index (χ2n) is 6.48. The van der Waals surface area contributed by atoms with Crippen LogP contribution >= 0.6 is 0 Å². The quantitative estimate of drug-likeness (QED) is 0.630. The van der Waals surface area contributed by atoms with Gasteiger partial charge in [0.2, 0.25) is 0 Å². The van der Waals surface area contributed by atoms with Gasteiger partial charge in [0.05, 0.1) is 25.0 Å². The summed E-state index contributed by atoms with van der Waals surface area (Å²) in [6.07, 6.45) is 3.90. The lowest BCUT2D eigenvalue weighted by Crippen LogP contribution is -2.52. The minimum atomic E-state index is 0.344. The molecule has 0 unspecified atom stereocenters. The number of aromatic hydroxyl groups is 1. The summed E-state index contributed by atoms with van der Waals surface area (Å²) in [5, 5.41) is 17.7. The minimum Gasteiger partial charge on any atom is -0.506 e. The highest BCUT2D eigenvalue weighted by molar-refractivity contribution is 5.80. The van der Waals surface area contributed by atoms with Gasteiger partial charge in [0, 0.05) is 38.9 Å². The third kappa shape index (κ3) is 4.47. The number of rotatable bonds is 5. The molecule has 0 aliphatic carbocycles. The largest absolute Gasteiger partial charge is 0.506 e. The highest BCUT2D eigenvalue weighted by Gasteiger charge is 2.21. The molecule has 2 N–H and O–H groups in total. The summed E-state index contributed by atoms with van der Waals surface area (Å²) in [4.78, 5) is 9.27. The van der Waals surface area contributed by atoms with E-state index in [4.69, 9.17) is 4.99 Å². The molecule has 7 heteroatoms. The molecule has 0 radical (unpaired) electrons. The minimum absolute atomic E-state index is 0.344.